The highest BCUT2D eigenvalue weighted by atomic mass is 16.5. The van der Waals surface area contributed by atoms with Crippen LogP contribution in [-0.4, -0.2) is 60.5 Å². The van der Waals surface area contributed by atoms with E-state index in [0.29, 0.717) is 38.4 Å². The lowest BCUT2D eigenvalue weighted by atomic mass is 9.99. The summed E-state index contributed by atoms with van der Waals surface area (Å²) in [5.41, 5.74) is 1.89. The molecule has 1 aromatic rings. The van der Waals surface area contributed by atoms with Gasteiger partial charge in [-0.05, 0) is 43.4 Å². The van der Waals surface area contributed by atoms with Crippen LogP contribution in [0.4, 0.5) is 0 Å². The fourth-order valence-corrected chi connectivity index (χ4v) is 3.47. The Morgan fingerprint density at radius 2 is 1.79 bits per heavy atom. The minimum atomic E-state index is -0.324. The van der Waals surface area contributed by atoms with E-state index in [1.807, 2.05) is 29.2 Å². The molecule has 0 N–H and O–H groups in total. The molecule has 2 heterocycles. The Morgan fingerprint density at radius 3 is 2.46 bits per heavy atom. The van der Waals surface area contributed by atoms with Gasteiger partial charge in [-0.2, -0.15) is 0 Å². The third-order valence-corrected chi connectivity index (χ3v) is 4.98. The second-order valence-electron chi connectivity index (χ2n) is 6.50. The smallest absolute Gasteiger partial charge is 0.254 e. The Balaban J connectivity index is 1.75. The van der Waals surface area contributed by atoms with Gasteiger partial charge < -0.3 is 14.5 Å². The van der Waals surface area contributed by atoms with E-state index in [4.69, 9.17) is 4.74 Å². The Hall–Kier alpha value is -1.88. The van der Waals surface area contributed by atoms with Crippen LogP contribution in [0.2, 0.25) is 0 Å². The molecular weight excluding hydrogens is 304 g/mol. The summed E-state index contributed by atoms with van der Waals surface area (Å²) in [6, 6.07) is 7.43. The van der Waals surface area contributed by atoms with Crippen molar-refractivity contribution >= 4 is 11.8 Å². The molecule has 130 valence electrons. The van der Waals surface area contributed by atoms with E-state index in [9.17, 15) is 9.59 Å². The molecule has 2 saturated heterocycles. The normalized spacial score (nSPS) is 21.6. The summed E-state index contributed by atoms with van der Waals surface area (Å²) in [6.45, 7) is 5.19. The van der Waals surface area contributed by atoms with Gasteiger partial charge in [0, 0.05) is 25.2 Å². The van der Waals surface area contributed by atoms with Crippen molar-refractivity contribution in [3.8, 4) is 0 Å². The van der Waals surface area contributed by atoms with Gasteiger partial charge in [-0.3, -0.25) is 9.59 Å². The molecule has 1 atom stereocenters. The molecule has 0 spiro atoms. The molecular formula is C19H26N2O3. The summed E-state index contributed by atoms with van der Waals surface area (Å²) >= 11 is 0. The molecule has 2 aliphatic rings. The zero-order valence-corrected chi connectivity index (χ0v) is 14.4. The Kier molecular flexibility index (Phi) is 5.51. The second-order valence-corrected chi connectivity index (χ2v) is 6.50. The third-order valence-electron chi connectivity index (χ3n) is 4.98. The standard InChI is InChI=1S/C19H26N2O3/c1-2-15-6-8-16(9-7-15)18(22)21-10-4-3-5-17(21)19(23)20-11-13-24-14-12-20/h6-9,17H,2-5,10-14H2,1H3/t17-/m0/s1. The number of nitrogens with zero attached hydrogens (tertiary/aromatic N) is 2. The fourth-order valence-electron chi connectivity index (χ4n) is 3.47. The first kappa shape index (κ1) is 17.0. The van der Waals surface area contributed by atoms with E-state index in [-0.39, 0.29) is 17.9 Å². The average molecular weight is 330 g/mol. The molecule has 0 unspecified atom stereocenters. The monoisotopic (exact) mass is 330 g/mol. The topological polar surface area (TPSA) is 49.9 Å². The van der Waals surface area contributed by atoms with Crippen LogP contribution in [0.1, 0.15) is 42.1 Å². The molecule has 2 aliphatic heterocycles. The number of ether oxygens (including phenoxy) is 1. The van der Waals surface area contributed by atoms with Crippen molar-refractivity contribution < 1.29 is 14.3 Å². The van der Waals surface area contributed by atoms with Gasteiger partial charge in [-0.15, -0.1) is 0 Å². The molecule has 0 radical (unpaired) electrons. The summed E-state index contributed by atoms with van der Waals surface area (Å²) in [4.78, 5) is 29.4. The van der Waals surface area contributed by atoms with Crippen molar-refractivity contribution in [3.05, 3.63) is 35.4 Å². The van der Waals surface area contributed by atoms with Gasteiger partial charge in [0.2, 0.25) is 5.91 Å². The van der Waals surface area contributed by atoms with Crippen molar-refractivity contribution in [3.63, 3.8) is 0 Å². The van der Waals surface area contributed by atoms with Crippen LogP contribution >= 0.6 is 0 Å². The number of piperidine rings is 1. The number of hydrogen-bond donors (Lipinski definition) is 0. The molecule has 0 aliphatic carbocycles. The molecule has 5 heteroatoms. The van der Waals surface area contributed by atoms with Crippen LogP contribution in [0.3, 0.4) is 0 Å². The summed E-state index contributed by atoms with van der Waals surface area (Å²) < 4.78 is 5.33. The largest absolute Gasteiger partial charge is 0.378 e. The van der Waals surface area contributed by atoms with Crippen LogP contribution in [-0.2, 0) is 16.0 Å². The van der Waals surface area contributed by atoms with Crippen molar-refractivity contribution in [1.82, 2.24) is 9.80 Å². The lowest BCUT2D eigenvalue weighted by molar-refractivity contribution is -0.141. The number of benzene rings is 1. The van der Waals surface area contributed by atoms with E-state index in [0.717, 1.165) is 25.7 Å². The lowest BCUT2D eigenvalue weighted by Crippen LogP contribution is -2.55. The summed E-state index contributed by atoms with van der Waals surface area (Å²) in [6.07, 6.45) is 3.68. The summed E-state index contributed by atoms with van der Waals surface area (Å²) in [5.74, 6) is 0.0560. The van der Waals surface area contributed by atoms with Crippen molar-refractivity contribution in [2.24, 2.45) is 0 Å². The highest BCUT2D eigenvalue weighted by Crippen LogP contribution is 2.22. The first-order valence-electron chi connectivity index (χ1n) is 8.97. The van der Waals surface area contributed by atoms with Gasteiger partial charge in [-0.25, -0.2) is 0 Å². The van der Waals surface area contributed by atoms with Crippen LogP contribution < -0.4 is 0 Å². The van der Waals surface area contributed by atoms with E-state index in [1.165, 1.54) is 5.56 Å². The zero-order chi connectivity index (χ0) is 16.9. The minimum Gasteiger partial charge on any atom is -0.378 e. The number of morpholine rings is 1. The van der Waals surface area contributed by atoms with E-state index < -0.39 is 0 Å². The van der Waals surface area contributed by atoms with Crippen molar-refractivity contribution in [2.45, 2.75) is 38.6 Å². The molecule has 2 amide bonds. The number of aryl methyl sites for hydroxylation is 1. The molecule has 0 bridgehead atoms. The number of carbonyl (C=O) groups is 2. The van der Waals surface area contributed by atoms with Gasteiger partial charge in [-0.1, -0.05) is 19.1 Å². The number of likely N-dealkylation sites (tertiary alicyclic amines) is 1. The molecule has 3 rings (SSSR count). The first-order chi connectivity index (χ1) is 11.7. The van der Waals surface area contributed by atoms with E-state index >= 15 is 0 Å². The SMILES string of the molecule is CCc1ccc(C(=O)N2CCCC[C@H]2C(=O)N2CCOCC2)cc1. The highest BCUT2D eigenvalue weighted by molar-refractivity contribution is 5.97. The maximum absolute atomic E-state index is 12.9. The van der Waals surface area contributed by atoms with Gasteiger partial charge in [0.05, 0.1) is 13.2 Å². The number of hydrogen-bond acceptors (Lipinski definition) is 3. The van der Waals surface area contributed by atoms with Crippen LogP contribution in [0, 0.1) is 0 Å². The number of rotatable bonds is 3. The second kappa shape index (κ2) is 7.79. The lowest BCUT2D eigenvalue weighted by Gasteiger charge is -2.38. The fraction of sp³-hybridized carbons (Fsp3) is 0.579. The van der Waals surface area contributed by atoms with Crippen molar-refractivity contribution in [1.29, 1.82) is 0 Å². The van der Waals surface area contributed by atoms with Gasteiger partial charge in [0.15, 0.2) is 0 Å². The van der Waals surface area contributed by atoms with E-state index in [2.05, 4.69) is 6.92 Å². The summed E-state index contributed by atoms with van der Waals surface area (Å²) in [7, 11) is 0. The maximum atomic E-state index is 12.9. The van der Waals surface area contributed by atoms with Gasteiger partial charge in [0.25, 0.3) is 5.91 Å². The highest BCUT2D eigenvalue weighted by Gasteiger charge is 2.35. The molecule has 24 heavy (non-hydrogen) atoms. The first-order valence-corrected chi connectivity index (χ1v) is 8.97. The zero-order valence-electron chi connectivity index (χ0n) is 14.4. The predicted octanol–water partition coefficient (Wildman–Crippen LogP) is 2.10. The molecule has 1 aromatic carbocycles. The maximum Gasteiger partial charge on any atom is 0.254 e. The summed E-state index contributed by atoms with van der Waals surface area (Å²) in [5, 5.41) is 0. The van der Waals surface area contributed by atoms with Gasteiger partial charge >= 0.3 is 0 Å². The molecule has 5 nitrogen and oxygen atoms in total. The Labute approximate surface area is 143 Å². The Morgan fingerprint density at radius 1 is 1.08 bits per heavy atom. The molecule has 2 fully saturated rings. The Bertz CT molecular complexity index is 579. The predicted molar refractivity (Wildman–Crippen MR) is 91.9 cm³/mol. The van der Waals surface area contributed by atoms with Crippen LogP contribution in [0.25, 0.3) is 0 Å². The molecule has 0 aromatic heterocycles. The average Bonchev–Trinajstić information content (AvgIpc) is 2.67. The van der Waals surface area contributed by atoms with Gasteiger partial charge in [0.1, 0.15) is 6.04 Å². The van der Waals surface area contributed by atoms with E-state index in [1.54, 1.807) is 4.90 Å². The molecule has 0 saturated carbocycles. The minimum absolute atomic E-state index is 0.0241. The third kappa shape index (κ3) is 3.61. The quantitative estimate of drug-likeness (QED) is 0.853. The van der Waals surface area contributed by atoms with Crippen LogP contribution in [0.5, 0.6) is 0 Å². The number of carbonyl (C=O) groups excluding carboxylic acids is 2. The van der Waals surface area contributed by atoms with Crippen LogP contribution in [0.15, 0.2) is 24.3 Å². The number of amides is 2. The van der Waals surface area contributed by atoms with Crippen molar-refractivity contribution in [2.75, 3.05) is 32.8 Å².